The Morgan fingerprint density at radius 1 is 0.522 bits per heavy atom. The summed E-state index contributed by atoms with van der Waals surface area (Å²) in [6.07, 6.45) is 0. The van der Waals surface area contributed by atoms with Crippen molar-refractivity contribution >= 4 is 43.7 Å². The lowest BCUT2D eigenvalue weighted by Crippen LogP contribution is -2.06. The van der Waals surface area contributed by atoms with Crippen LogP contribution in [0.3, 0.4) is 0 Å². The highest BCUT2D eigenvalue weighted by Gasteiger charge is 2.21. The molecule has 9 aromatic rings. The van der Waals surface area contributed by atoms with Crippen molar-refractivity contribution in [3.8, 4) is 45.9 Å². The van der Waals surface area contributed by atoms with Crippen molar-refractivity contribution in [1.82, 2.24) is 19.5 Å². The lowest BCUT2D eigenvalue weighted by Gasteiger charge is -2.11. The van der Waals surface area contributed by atoms with Crippen LogP contribution in [0.25, 0.3) is 83.6 Å². The van der Waals surface area contributed by atoms with Crippen LogP contribution in [0, 0.1) is 11.3 Å². The van der Waals surface area contributed by atoms with Gasteiger partial charge in [-0.1, -0.05) is 103 Å². The summed E-state index contributed by atoms with van der Waals surface area (Å²) in [5.74, 6) is 1.64. The first-order valence-electron chi connectivity index (χ1n) is 15.0. The molecule has 3 heterocycles. The van der Waals surface area contributed by atoms with E-state index in [0.717, 1.165) is 60.4 Å². The number of aromatic nitrogens is 4. The van der Waals surface area contributed by atoms with Crippen molar-refractivity contribution in [3.05, 3.63) is 145 Å². The minimum Gasteiger partial charge on any atom is -0.455 e. The fraction of sp³-hybridized carbons (Fsp3) is 0. The summed E-state index contributed by atoms with van der Waals surface area (Å²) in [7, 11) is 0. The van der Waals surface area contributed by atoms with E-state index < -0.39 is 0 Å². The fourth-order valence-corrected chi connectivity index (χ4v) is 6.43. The van der Waals surface area contributed by atoms with Gasteiger partial charge in [0.1, 0.15) is 11.2 Å². The second kappa shape index (κ2) is 10.3. The van der Waals surface area contributed by atoms with Gasteiger partial charge in [-0.25, -0.2) is 4.98 Å². The maximum atomic E-state index is 9.31. The molecule has 0 amide bonds. The van der Waals surface area contributed by atoms with E-state index in [1.165, 1.54) is 0 Å². The molecule has 3 aromatic heterocycles. The Balaban J connectivity index is 1.32. The molecule has 0 aliphatic heterocycles. The van der Waals surface area contributed by atoms with Crippen LogP contribution in [0.1, 0.15) is 5.56 Å². The number of benzene rings is 6. The summed E-state index contributed by atoms with van der Waals surface area (Å²) in [5.41, 5.74) is 7.86. The fourth-order valence-electron chi connectivity index (χ4n) is 6.43. The van der Waals surface area contributed by atoms with Crippen molar-refractivity contribution in [1.29, 1.82) is 5.26 Å². The maximum absolute atomic E-state index is 9.31. The van der Waals surface area contributed by atoms with E-state index in [1.54, 1.807) is 0 Å². The van der Waals surface area contributed by atoms with Crippen molar-refractivity contribution in [2.24, 2.45) is 0 Å². The number of nitrogens with zero attached hydrogens (tertiary/aromatic N) is 5. The van der Waals surface area contributed by atoms with Gasteiger partial charge in [0.05, 0.1) is 28.2 Å². The largest absolute Gasteiger partial charge is 0.455 e. The SMILES string of the molecule is N#Cc1ccc(-c2cccc3oc4c(-c5nc(-c6ccccc6)nc(-n6c7ccccc7c7ccccc76)n5)cccc4c23)cc1. The minimum absolute atomic E-state index is 0.523. The summed E-state index contributed by atoms with van der Waals surface area (Å²) in [4.78, 5) is 15.2. The Morgan fingerprint density at radius 3 is 1.89 bits per heavy atom. The molecule has 0 radical (unpaired) electrons. The van der Waals surface area contributed by atoms with E-state index in [1.807, 2.05) is 91.0 Å². The van der Waals surface area contributed by atoms with Gasteiger partial charge in [-0.3, -0.25) is 4.57 Å². The number of para-hydroxylation sites is 3. The molecule has 0 saturated carbocycles. The van der Waals surface area contributed by atoms with Gasteiger partial charge in [0.2, 0.25) is 5.95 Å². The summed E-state index contributed by atoms with van der Waals surface area (Å²) in [6, 6.07) is 48.7. The van der Waals surface area contributed by atoms with Crippen LogP contribution >= 0.6 is 0 Å². The second-order valence-corrected chi connectivity index (χ2v) is 11.2. The standard InChI is InChI=1S/C40H23N5O/c41-24-25-20-22-26(23-21-25)28-14-9-19-35-36(28)31-15-8-16-32(37(31)46-35)39-42-38(27-10-2-1-3-11-27)43-40(44-39)45-33-17-6-4-12-29(33)30-13-5-7-18-34(30)45/h1-23H. The summed E-state index contributed by atoms with van der Waals surface area (Å²) >= 11 is 0. The normalized spacial score (nSPS) is 11.5. The number of fused-ring (bicyclic) bond motifs is 6. The van der Waals surface area contributed by atoms with Crippen LogP contribution in [0.2, 0.25) is 0 Å². The Bertz CT molecular complexity index is 2590. The Labute approximate surface area is 263 Å². The summed E-state index contributed by atoms with van der Waals surface area (Å²) in [5, 5.41) is 13.6. The molecule has 214 valence electrons. The molecule has 46 heavy (non-hydrogen) atoms. The predicted octanol–water partition coefficient (Wildman–Crippen LogP) is 9.74. The van der Waals surface area contributed by atoms with Gasteiger partial charge < -0.3 is 4.42 Å². The molecule has 9 rings (SSSR count). The number of hydrogen-bond acceptors (Lipinski definition) is 5. The van der Waals surface area contributed by atoms with Gasteiger partial charge in [0.25, 0.3) is 0 Å². The minimum atomic E-state index is 0.523. The Hall–Kier alpha value is -6.58. The average molecular weight is 590 g/mol. The molecule has 0 aliphatic rings. The average Bonchev–Trinajstić information content (AvgIpc) is 3.68. The van der Waals surface area contributed by atoms with Crippen molar-refractivity contribution in [3.63, 3.8) is 0 Å². The van der Waals surface area contributed by atoms with E-state index in [4.69, 9.17) is 19.4 Å². The smallest absolute Gasteiger partial charge is 0.238 e. The third kappa shape index (κ3) is 4.00. The molecule has 0 unspecified atom stereocenters. The van der Waals surface area contributed by atoms with Gasteiger partial charge in [-0.05, 0) is 47.5 Å². The second-order valence-electron chi connectivity index (χ2n) is 11.2. The lowest BCUT2D eigenvalue weighted by atomic mass is 9.98. The topological polar surface area (TPSA) is 80.5 Å². The van der Waals surface area contributed by atoms with Crippen molar-refractivity contribution < 1.29 is 4.42 Å². The van der Waals surface area contributed by atoms with Crippen LogP contribution in [-0.2, 0) is 0 Å². The number of furan rings is 1. The zero-order chi connectivity index (χ0) is 30.6. The molecule has 0 bridgehead atoms. The van der Waals surface area contributed by atoms with Gasteiger partial charge in [-0.15, -0.1) is 0 Å². The maximum Gasteiger partial charge on any atom is 0.238 e. The third-order valence-electron chi connectivity index (χ3n) is 8.52. The molecular formula is C40H23N5O. The van der Waals surface area contributed by atoms with Gasteiger partial charge in [0.15, 0.2) is 11.6 Å². The zero-order valence-electron chi connectivity index (χ0n) is 24.4. The van der Waals surface area contributed by atoms with Crippen LogP contribution < -0.4 is 0 Å². The molecule has 0 spiro atoms. The molecule has 6 aromatic carbocycles. The predicted molar refractivity (Wildman–Crippen MR) is 182 cm³/mol. The first kappa shape index (κ1) is 25.9. The number of nitriles is 1. The number of rotatable bonds is 4. The van der Waals surface area contributed by atoms with Crippen molar-refractivity contribution in [2.45, 2.75) is 0 Å². The van der Waals surface area contributed by atoms with E-state index in [0.29, 0.717) is 28.7 Å². The van der Waals surface area contributed by atoms with Crippen LogP contribution in [0.5, 0.6) is 0 Å². The molecule has 0 fully saturated rings. The highest BCUT2D eigenvalue weighted by atomic mass is 16.3. The van der Waals surface area contributed by atoms with E-state index in [9.17, 15) is 5.26 Å². The number of hydrogen-bond donors (Lipinski definition) is 0. The quantitative estimate of drug-likeness (QED) is 0.204. The van der Waals surface area contributed by atoms with E-state index in [-0.39, 0.29) is 0 Å². The van der Waals surface area contributed by atoms with Crippen LogP contribution in [0.15, 0.2) is 144 Å². The zero-order valence-corrected chi connectivity index (χ0v) is 24.4. The lowest BCUT2D eigenvalue weighted by molar-refractivity contribution is 0.669. The van der Waals surface area contributed by atoms with E-state index in [2.05, 4.69) is 59.2 Å². The highest BCUT2D eigenvalue weighted by molar-refractivity contribution is 6.15. The molecule has 0 saturated heterocycles. The van der Waals surface area contributed by atoms with E-state index >= 15 is 0 Å². The van der Waals surface area contributed by atoms with Crippen molar-refractivity contribution in [2.75, 3.05) is 0 Å². The first-order valence-corrected chi connectivity index (χ1v) is 15.0. The molecule has 0 aliphatic carbocycles. The van der Waals surface area contributed by atoms with Crippen LogP contribution in [-0.4, -0.2) is 19.5 Å². The molecule has 0 atom stereocenters. The molecule has 6 nitrogen and oxygen atoms in total. The summed E-state index contributed by atoms with van der Waals surface area (Å²) in [6.45, 7) is 0. The Morgan fingerprint density at radius 2 is 1.15 bits per heavy atom. The monoisotopic (exact) mass is 589 g/mol. The molecule has 6 heteroatoms. The van der Waals surface area contributed by atoms with Crippen LogP contribution in [0.4, 0.5) is 0 Å². The van der Waals surface area contributed by atoms with Gasteiger partial charge in [-0.2, -0.15) is 15.2 Å². The van der Waals surface area contributed by atoms with Gasteiger partial charge in [0, 0.05) is 27.1 Å². The molecular weight excluding hydrogens is 566 g/mol. The Kier molecular flexibility index (Phi) is 5.77. The summed E-state index contributed by atoms with van der Waals surface area (Å²) < 4.78 is 8.72. The van der Waals surface area contributed by atoms with Gasteiger partial charge >= 0.3 is 0 Å². The first-order chi connectivity index (χ1) is 22.8. The molecule has 0 N–H and O–H groups in total. The highest BCUT2D eigenvalue weighted by Crippen LogP contribution is 2.40. The third-order valence-corrected chi connectivity index (χ3v) is 8.52.